The average Bonchev–Trinajstić information content (AvgIpc) is 3.45. The fraction of sp³-hybridized carbons (Fsp3) is 0.360. The molecule has 0 aliphatic heterocycles. The van der Waals surface area contributed by atoms with Gasteiger partial charge >= 0.3 is 5.97 Å². The molecule has 1 aromatic carbocycles. The Bertz CT molecular complexity index is 1250. The number of hydrogen-bond acceptors (Lipinski definition) is 8. The summed E-state index contributed by atoms with van der Waals surface area (Å²) in [6, 6.07) is 6.86. The van der Waals surface area contributed by atoms with Gasteiger partial charge in [0.15, 0.2) is 5.16 Å². The zero-order valence-electron chi connectivity index (χ0n) is 20.6. The number of halogens is 2. The predicted octanol–water partition coefficient (Wildman–Crippen LogP) is 6.31. The number of aryl methyl sites for hydroxylation is 2. The molecular weight excluding hydrogens is 555 g/mol. The van der Waals surface area contributed by atoms with E-state index in [1.807, 2.05) is 11.5 Å². The van der Waals surface area contributed by atoms with Crippen LogP contribution >= 0.6 is 46.3 Å². The van der Waals surface area contributed by atoms with Crippen LogP contribution in [0.4, 0.5) is 5.00 Å². The number of benzene rings is 1. The van der Waals surface area contributed by atoms with Crippen LogP contribution < -0.4 is 10.1 Å². The van der Waals surface area contributed by atoms with E-state index in [4.69, 9.17) is 32.7 Å². The fourth-order valence-electron chi connectivity index (χ4n) is 3.29. The summed E-state index contributed by atoms with van der Waals surface area (Å²) in [6.45, 7) is 8.77. The first-order chi connectivity index (χ1) is 17.9. The highest BCUT2D eigenvalue weighted by atomic mass is 35.5. The Morgan fingerprint density at radius 3 is 2.76 bits per heavy atom. The minimum atomic E-state index is -0.445. The highest BCUT2D eigenvalue weighted by Crippen LogP contribution is 2.30. The van der Waals surface area contributed by atoms with Crippen molar-refractivity contribution in [3.8, 4) is 5.75 Å². The Labute approximate surface area is 234 Å². The first-order valence-electron chi connectivity index (χ1n) is 11.7. The lowest BCUT2D eigenvalue weighted by atomic mass is 10.2. The number of nitrogens with one attached hydrogen (secondary N) is 1. The third-order valence-corrected chi connectivity index (χ3v) is 7.71. The molecule has 0 saturated carbocycles. The Kier molecular flexibility index (Phi) is 11.3. The molecule has 12 heteroatoms. The van der Waals surface area contributed by atoms with Gasteiger partial charge in [0.25, 0.3) is 0 Å². The molecule has 198 valence electrons. The van der Waals surface area contributed by atoms with Crippen molar-refractivity contribution >= 4 is 63.2 Å². The van der Waals surface area contributed by atoms with Crippen molar-refractivity contribution in [2.75, 3.05) is 24.3 Å². The summed E-state index contributed by atoms with van der Waals surface area (Å²) in [7, 11) is 0. The molecule has 0 unspecified atom stereocenters. The molecule has 3 aromatic rings. The van der Waals surface area contributed by atoms with Crippen LogP contribution in [0, 0.1) is 0 Å². The van der Waals surface area contributed by atoms with Gasteiger partial charge in [0.05, 0.1) is 29.6 Å². The molecular formula is C25H28Cl2N4O4S2. The lowest BCUT2D eigenvalue weighted by Crippen LogP contribution is -2.16. The largest absolute Gasteiger partial charge is 0.492 e. The summed E-state index contributed by atoms with van der Waals surface area (Å²) in [4.78, 5) is 26.0. The van der Waals surface area contributed by atoms with Crippen molar-refractivity contribution in [1.29, 1.82) is 0 Å². The number of thioether (sulfide) groups is 1. The van der Waals surface area contributed by atoms with E-state index in [0.29, 0.717) is 57.5 Å². The molecule has 1 amide bonds. The minimum absolute atomic E-state index is 0.106. The molecule has 0 saturated heterocycles. The number of hydrogen-bond donors (Lipinski definition) is 1. The van der Waals surface area contributed by atoms with Gasteiger partial charge in [0.2, 0.25) is 5.91 Å². The van der Waals surface area contributed by atoms with Gasteiger partial charge in [0.1, 0.15) is 16.6 Å². The third kappa shape index (κ3) is 8.23. The van der Waals surface area contributed by atoms with Gasteiger partial charge in [-0.05, 0) is 44.0 Å². The summed E-state index contributed by atoms with van der Waals surface area (Å²) < 4.78 is 12.8. The van der Waals surface area contributed by atoms with Crippen LogP contribution in [0.15, 0.2) is 42.1 Å². The molecule has 1 N–H and O–H groups in total. The summed E-state index contributed by atoms with van der Waals surface area (Å²) in [5.41, 5.74) is 0.376. The Hall–Kier alpha value is -2.53. The summed E-state index contributed by atoms with van der Waals surface area (Å²) in [6.07, 6.45) is 3.82. The Morgan fingerprint density at radius 1 is 1.24 bits per heavy atom. The molecule has 0 spiro atoms. The fourth-order valence-corrected chi connectivity index (χ4v) is 5.52. The van der Waals surface area contributed by atoms with E-state index in [9.17, 15) is 9.59 Å². The number of anilines is 1. The number of nitrogens with zero attached hydrogens (tertiary/aromatic N) is 3. The number of carbonyl (C=O) groups excluding carboxylic acids is 2. The molecule has 0 aliphatic rings. The standard InChI is InChI=1S/C25H28Cl2N4O4S2/c1-4-11-31-21(8-7-12-35-20-10-9-16(26)13-19(20)27)29-30-25(31)36-15-22(32)28-23-18(24(33)34-6-3)14-17(5-2)37-23/h4,9-10,13-14H,1,5-8,11-12,15H2,2-3H3,(H,28,32). The number of ether oxygens (including phenoxy) is 2. The number of amides is 1. The van der Waals surface area contributed by atoms with Gasteiger partial charge < -0.3 is 19.4 Å². The molecule has 2 aromatic heterocycles. The van der Waals surface area contributed by atoms with Crippen molar-refractivity contribution in [3.05, 3.63) is 63.2 Å². The number of carbonyl (C=O) groups is 2. The van der Waals surface area contributed by atoms with Crippen LogP contribution in [0.1, 0.15) is 41.3 Å². The van der Waals surface area contributed by atoms with Crippen molar-refractivity contribution < 1.29 is 19.1 Å². The van der Waals surface area contributed by atoms with Gasteiger partial charge in [-0.3, -0.25) is 4.79 Å². The minimum Gasteiger partial charge on any atom is -0.492 e. The maximum atomic E-state index is 12.7. The average molecular weight is 584 g/mol. The van der Waals surface area contributed by atoms with E-state index in [0.717, 1.165) is 17.1 Å². The van der Waals surface area contributed by atoms with Crippen LogP contribution in [0.5, 0.6) is 5.75 Å². The molecule has 8 nitrogen and oxygen atoms in total. The molecule has 2 heterocycles. The highest BCUT2D eigenvalue weighted by Gasteiger charge is 2.20. The van der Waals surface area contributed by atoms with Gasteiger partial charge in [-0.1, -0.05) is 48.0 Å². The van der Waals surface area contributed by atoms with E-state index in [1.165, 1.54) is 23.1 Å². The van der Waals surface area contributed by atoms with Gasteiger partial charge in [-0.15, -0.1) is 28.1 Å². The van der Waals surface area contributed by atoms with Crippen molar-refractivity contribution in [2.24, 2.45) is 0 Å². The molecule has 0 bridgehead atoms. The molecule has 0 aliphatic carbocycles. The zero-order chi connectivity index (χ0) is 26.8. The van der Waals surface area contributed by atoms with E-state index in [-0.39, 0.29) is 18.3 Å². The Morgan fingerprint density at radius 2 is 2.05 bits per heavy atom. The number of aromatic nitrogens is 3. The highest BCUT2D eigenvalue weighted by molar-refractivity contribution is 7.99. The molecule has 0 fully saturated rings. The van der Waals surface area contributed by atoms with Crippen LogP contribution in [-0.4, -0.2) is 45.6 Å². The van der Waals surface area contributed by atoms with Gasteiger partial charge in [-0.2, -0.15) is 0 Å². The maximum absolute atomic E-state index is 12.7. The zero-order valence-corrected chi connectivity index (χ0v) is 23.7. The summed E-state index contributed by atoms with van der Waals surface area (Å²) in [5.74, 6) is 0.754. The molecule has 0 atom stereocenters. The number of esters is 1. The molecule has 37 heavy (non-hydrogen) atoms. The third-order valence-electron chi connectivity index (χ3n) is 5.01. The maximum Gasteiger partial charge on any atom is 0.341 e. The number of rotatable bonds is 14. The SMILES string of the molecule is C=CCn1c(CCCOc2ccc(Cl)cc2Cl)nnc1SCC(=O)Nc1sc(CC)cc1C(=O)OCC. The first kappa shape index (κ1) is 29.0. The molecule has 3 rings (SSSR count). The molecule has 0 radical (unpaired) electrons. The van der Waals surface area contributed by atoms with Crippen molar-refractivity contribution in [3.63, 3.8) is 0 Å². The van der Waals surface area contributed by atoms with Gasteiger partial charge in [0, 0.05) is 22.9 Å². The topological polar surface area (TPSA) is 95.3 Å². The van der Waals surface area contributed by atoms with E-state index < -0.39 is 5.97 Å². The smallest absolute Gasteiger partial charge is 0.341 e. The van der Waals surface area contributed by atoms with Crippen molar-refractivity contribution in [2.45, 2.75) is 44.8 Å². The van der Waals surface area contributed by atoms with Crippen LogP contribution in [0.3, 0.4) is 0 Å². The van der Waals surface area contributed by atoms with Crippen LogP contribution in [0.25, 0.3) is 0 Å². The van der Waals surface area contributed by atoms with E-state index in [2.05, 4.69) is 22.1 Å². The van der Waals surface area contributed by atoms with E-state index >= 15 is 0 Å². The first-order valence-corrected chi connectivity index (χ1v) is 14.2. The van der Waals surface area contributed by atoms with Crippen LogP contribution in [0.2, 0.25) is 10.0 Å². The van der Waals surface area contributed by atoms with Crippen molar-refractivity contribution in [1.82, 2.24) is 14.8 Å². The number of thiophene rings is 1. The lowest BCUT2D eigenvalue weighted by Gasteiger charge is -2.10. The summed E-state index contributed by atoms with van der Waals surface area (Å²) >= 11 is 14.7. The monoisotopic (exact) mass is 582 g/mol. The normalized spacial score (nSPS) is 10.8. The number of allylic oxidation sites excluding steroid dienone is 1. The second-order valence-corrected chi connectivity index (χ2v) is 10.6. The van der Waals surface area contributed by atoms with Gasteiger partial charge in [-0.25, -0.2) is 4.79 Å². The second kappa shape index (κ2) is 14.4. The quantitative estimate of drug-likeness (QED) is 0.103. The van der Waals surface area contributed by atoms with E-state index in [1.54, 1.807) is 37.3 Å². The predicted molar refractivity (Wildman–Crippen MR) is 150 cm³/mol. The van der Waals surface area contributed by atoms with Crippen LogP contribution in [-0.2, 0) is 28.9 Å². The summed E-state index contributed by atoms with van der Waals surface area (Å²) in [5, 5.41) is 13.5. The lowest BCUT2D eigenvalue weighted by molar-refractivity contribution is -0.113. The Balaban J connectivity index is 1.57. The second-order valence-electron chi connectivity index (χ2n) is 7.69.